The molecule has 0 radical (unpaired) electrons. The zero-order chi connectivity index (χ0) is 19.7. The Morgan fingerprint density at radius 2 is 1.44 bits per heavy atom. The molecule has 0 fully saturated rings. The highest BCUT2D eigenvalue weighted by molar-refractivity contribution is 6.12. The molecule has 1 N–H and O–H groups in total. The van der Waals surface area contributed by atoms with E-state index in [9.17, 15) is 14.4 Å². The van der Waals surface area contributed by atoms with Crippen LogP contribution in [0.1, 0.15) is 6.42 Å². The van der Waals surface area contributed by atoms with Gasteiger partial charge in [0.25, 0.3) is 11.8 Å². The lowest BCUT2D eigenvalue weighted by Crippen LogP contribution is -2.38. The maximum atomic E-state index is 11.6. The fraction of sp³-hybridized carbons (Fsp3) is 0.611. The summed E-state index contributed by atoms with van der Waals surface area (Å²) in [7, 11) is 0. The Hall–Kier alpha value is -2.25. The molecule has 150 valence electrons. The highest BCUT2D eigenvalue weighted by Crippen LogP contribution is 2.01. The first-order valence-corrected chi connectivity index (χ1v) is 8.70. The number of carbonyl (C=O) groups is 3. The van der Waals surface area contributed by atoms with Crippen LogP contribution in [-0.4, -0.2) is 88.6 Å². The number of nitrogens with one attached hydrogen (secondary N) is 1. The van der Waals surface area contributed by atoms with Gasteiger partial charge in [0.05, 0.1) is 46.2 Å². The highest BCUT2D eigenvalue weighted by Gasteiger charge is 2.22. The van der Waals surface area contributed by atoms with Crippen molar-refractivity contribution in [2.75, 3.05) is 65.9 Å². The topological polar surface area (TPSA) is 103 Å². The van der Waals surface area contributed by atoms with E-state index in [0.29, 0.717) is 39.6 Å². The van der Waals surface area contributed by atoms with Crippen molar-refractivity contribution >= 4 is 17.7 Å². The zero-order valence-corrected chi connectivity index (χ0v) is 15.3. The van der Waals surface area contributed by atoms with Gasteiger partial charge in [-0.05, 0) is 0 Å². The number of carbonyl (C=O) groups excluding carboxylic acids is 3. The van der Waals surface area contributed by atoms with Gasteiger partial charge in [-0.3, -0.25) is 19.3 Å². The minimum Gasteiger partial charge on any atom is -0.379 e. The number of terminal acetylenes is 1. The van der Waals surface area contributed by atoms with Gasteiger partial charge < -0.3 is 24.3 Å². The van der Waals surface area contributed by atoms with E-state index in [1.165, 1.54) is 12.2 Å². The molecular formula is C18H26N2O7. The van der Waals surface area contributed by atoms with Crippen molar-refractivity contribution in [3.05, 3.63) is 12.2 Å². The van der Waals surface area contributed by atoms with Crippen LogP contribution in [0.2, 0.25) is 0 Å². The van der Waals surface area contributed by atoms with Gasteiger partial charge in [0.2, 0.25) is 5.91 Å². The minimum absolute atomic E-state index is 0.156. The summed E-state index contributed by atoms with van der Waals surface area (Å²) in [6, 6.07) is 0. The Morgan fingerprint density at radius 3 is 2.00 bits per heavy atom. The van der Waals surface area contributed by atoms with E-state index in [2.05, 4.69) is 11.2 Å². The lowest BCUT2D eigenvalue weighted by molar-refractivity contribution is -0.137. The average Bonchev–Trinajstić information content (AvgIpc) is 2.97. The smallest absolute Gasteiger partial charge is 0.253 e. The minimum atomic E-state index is -0.361. The number of rotatable bonds is 16. The summed E-state index contributed by atoms with van der Waals surface area (Å²) in [6.07, 6.45) is 7.65. The fourth-order valence-corrected chi connectivity index (χ4v) is 2.00. The molecule has 0 saturated carbocycles. The first kappa shape index (κ1) is 22.8. The third-order valence-electron chi connectivity index (χ3n) is 3.33. The van der Waals surface area contributed by atoms with Gasteiger partial charge in [-0.1, -0.05) is 5.92 Å². The van der Waals surface area contributed by atoms with Crippen LogP contribution >= 0.6 is 0 Å². The lowest BCUT2D eigenvalue weighted by Gasteiger charge is -2.14. The lowest BCUT2D eigenvalue weighted by atomic mass is 10.4. The third kappa shape index (κ3) is 11.1. The number of hydrogen-bond acceptors (Lipinski definition) is 7. The summed E-state index contributed by atoms with van der Waals surface area (Å²) in [5.41, 5.74) is 0. The summed E-state index contributed by atoms with van der Waals surface area (Å²) in [5, 5.41) is 2.63. The molecule has 3 amide bonds. The molecule has 1 rings (SSSR count). The van der Waals surface area contributed by atoms with Crippen LogP contribution in [0.3, 0.4) is 0 Å². The molecule has 0 aromatic rings. The van der Waals surface area contributed by atoms with E-state index in [0.717, 1.165) is 4.90 Å². The number of amides is 3. The standard InChI is InChI=1S/C18H26N2O7/c1-2-8-24-10-12-26-14-15-27-13-11-25-9-5-16(21)19-6-7-20-17(22)3-4-18(20)23/h1,3-4H,5-15H2,(H,19,21). The molecule has 0 bridgehead atoms. The molecule has 0 saturated heterocycles. The van der Waals surface area contributed by atoms with Gasteiger partial charge in [0.15, 0.2) is 0 Å². The van der Waals surface area contributed by atoms with Gasteiger partial charge in [-0.2, -0.15) is 0 Å². The predicted octanol–water partition coefficient (Wildman–Crippen LogP) is -0.883. The van der Waals surface area contributed by atoms with E-state index < -0.39 is 0 Å². The highest BCUT2D eigenvalue weighted by atomic mass is 16.6. The molecule has 0 aromatic carbocycles. The van der Waals surface area contributed by atoms with Gasteiger partial charge in [-0.25, -0.2) is 0 Å². The molecule has 0 unspecified atom stereocenters. The van der Waals surface area contributed by atoms with Crippen LogP contribution in [0, 0.1) is 12.3 Å². The Kier molecular flexibility index (Phi) is 12.6. The summed E-state index contributed by atoms with van der Waals surface area (Å²) >= 11 is 0. The van der Waals surface area contributed by atoms with E-state index in [1.807, 2.05) is 0 Å². The Morgan fingerprint density at radius 1 is 0.926 bits per heavy atom. The van der Waals surface area contributed by atoms with Crippen LogP contribution in [0.5, 0.6) is 0 Å². The first-order valence-electron chi connectivity index (χ1n) is 8.70. The SMILES string of the molecule is C#CCOCCOCCOCCOCCC(=O)NCCN1C(=O)C=CC1=O. The van der Waals surface area contributed by atoms with Gasteiger partial charge >= 0.3 is 0 Å². The van der Waals surface area contributed by atoms with E-state index in [-0.39, 0.29) is 50.4 Å². The van der Waals surface area contributed by atoms with Crippen molar-refractivity contribution < 1.29 is 33.3 Å². The molecule has 0 spiro atoms. The number of hydrogen-bond donors (Lipinski definition) is 1. The quantitative estimate of drug-likeness (QED) is 0.210. The molecule has 27 heavy (non-hydrogen) atoms. The largest absolute Gasteiger partial charge is 0.379 e. The third-order valence-corrected chi connectivity index (χ3v) is 3.33. The number of ether oxygens (including phenoxy) is 4. The maximum absolute atomic E-state index is 11.6. The summed E-state index contributed by atoms with van der Waals surface area (Å²) in [4.78, 5) is 35.3. The van der Waals surface area contributed by atoms with Gasteiger partial charge in [-0.15, -0.1) is 6.42 Å². The molecule has 9 heteroatoms. The molecule has 9 nitrogen and oxygen atoms in total. The summed E-state index contributed by atoms with van der Waals surface area (Å²) in [5.74, 6) is 1.44. The van der Waals surface area contributed by atoms with E-state index >= 15 is 0 Å². The predicted molar refractivity (Wildman–Crippen MR) is 95.6 cm³/mol. The molecule has 1 aliphatic rings. The normalized spacial score (nSPS) is 13.2. The monoisotopic (exact) mass is 382 g/mol. The molecule has 0 aliphatic carbocycles. The fourth-order valence-electron chi connectivity index (χ4n) is 2.00. The first-order chi connectivity index (χ1) is 13.1. The summed E-state index contributed by atoms with van der Waals surface area (Å²) in [6.45, 7) is 3.53. The van der Waals surface area contributed by atoms with E-state index in [4.69, 9.17) is 25.4 Å². The van der Waals surface area contributed by atoms with Crippen molar-refractivity contribution in [3.8, 4) is 12.3 Å². The molecular weight excluding hydrogens is 356 g/mol. The van der Waals surface area contributed by atoms with Crippen LogP contribution in [0.15, 0.2) is 12.2 Å². The van der Waals surface area contributed by atoms with Gasteiger partial charge in [0, 0.05) is 31.7 Å². The second-order valence-electron chi connectivity index (χ2n) is 5.36. The summed E-state index contributed by atoms with van der Waals surface area (Å²) < 4.78 is 20.9. The zero-order valence-electron chi connectivity index (χ0n) is 15.3. The van der Waals surface area contributed by atoms with Crippen LogP contribution < -0.4 is 5.32 Å². The van der Waals surface area contributed by atoms with Crippen LogP contribution in [-0.2, 0) is 33.3 Å². The average molecular weight is 382 g/mol. The van der Waals surface area contributed by atoms with Gasteiger partial charge in [0.1, 0.15) is 6.61 Å². The van der Waals surface area contributed by atoms with Crippen molar-refractivity contribution in [1.29, 1.82) is 0 Å². The van der Waals surface area contributed by atoms with Crippen LogP contribution in [0.25, 0.3) is 0 Å². The molecule has 1 heterocycles. The molecule has 1 aliphatic heterocycles. The second-order valence-corrected chi connectivity index (χ2v) is 5.36. The second kappa shape index (κ2) is 14.9. The van der Waals surface area contributed by atoms with Crippen molar-refractivity contribution in [2.24, 2.45) is 0 Å². The van der Waals surface area contributed by atoms with Crippen molar-refractivity contribution in [3.63, 3.8) is 0 Å². The number of imide groups is 1. The Bertz CT molecular complexity index is 524. The van der Waals surface area contributed by atoms with E-state index in [1.54, 1.807) is 0 Å². The number of nitrogens with zero attached hydrogens (tertiary/aromatic N) is 1. The molecule has 0 atom stereocenters. The maximum Gasteiger partial charge on any atom is 0.253 e. The van der Waals surface area contributed by atoms with Crippen LogP contribution in [0.4, 0.5) is 0 Å². The Balaban J connectivity index is 1.82. The molecule has 0 aromatic heterocycles. The van der Waals surface area contributed by atoms with Crippen molar-refractivity contribution in [1.82, 2.24) is 10.2 Å². The van der Waals surface area contributed by atoms with Crippen molar-refractivity contribution in [2.45, 2.75) is 6.42 Å². The Labute approximate surface area is 158 Å².